The van der Waals surface area contributed by atoms with Gasteiger partial charge in [0.2, 0.25) is 0 Å². The van der Waals surface area contributed by atoms with Crippen molar-refractivity contribution in [3.8, 4) is 28.6 Å². The summed E-state index contributed by atoms with van der Waals surface area (Å²) in [5, 5.41) is 36.7. The fourth-order valence-corrected chi connectivity index (χ4v) is 9.23. The maximum Gasteiger partial charge on any atom is 0.117 e. The molecule has 0 radical (unpaired) electrons. The summed E-state index contributed by atoms with van der Waals surface area (Å²) in [5.41, 5.74) is 8.16. The third-order valence-corrected chi connectivity index (χ3v) is 11.3. The average molecular weight is 954 g/mol. The molecule has 0 bridgehead atoms. The number of nitrogens with one attached hydrogen (secondary N) is 1. The number of halogens is 2. The molecule has 56 heavy (non-hydrogen) atoms. The van der Waals surface area contributed by atoms with Gasteiger partial charge in [0.05, 0.1) is 27.6 Å². The number of hydrogen-bond acceptors (Lipinski definition) is 3. The molecule has 0 spiro atoms. The first-order valence-corrected chi connectivity index (χ1v) is 20.1. The molecule has 8 heteroatoms. The Morgan fingerprint density at radius 1 is 0.339 bits per heavy atom. The van der Waals surface area contributed by atoms with Crippen LogP contribution in [0.5, 0.6) is 17.2 Å². The Morgan fingerprint density at radius 2 is 0.768 bits per heavy atom. The molecule has 8 aromatic carbocycles. The summed E-state index contributed by atoms with van der Waals surface area (Å²) >= 11 is 4.60. The second-order valence-electron chi connectivity index (χ2n) is 13.5. The summed E-state index contributed by atoms with van der Waals surface area (Å²) in [7, 11) is 0. The number of phenolic OH excluding ortho intramolecular Hbond substituents is 3. The molecule has 0 fully saturated rings. The zero-order chi connectivity index (χ0) is 38.3. The molecule has 0 saturated heterocycles. The molecular weight excluding hydrogens is 920 g/mol. The average Bonchev–Trinajstić information content (AvgIpc) is 3.85. The van der Waals surface area contributed by atoms with Crippen LogP contribution in [0.2, 0.25) is 0 Å². The van der Waals surface area contributed by atoms with Crippen LogP contribution < -0.4 is 0 Å². The normalized spacial score (nSPS) is 11.2. The van der Waals surface area contributed by atoms with Crippen LogP contribution in [0.3, 0.4) is 0 Å². The number of nitrogens with zero attached hydrogens (tertiary/aromatic N) is 2. The zero-order valence-electron chi connectivity index (χ0n) is 29.7. The van der Waals surface area contributed by atoms with Crippen molar-refractivity contribution < 1.29 is 15.3 Å². The highest BCUT2D eigenvalue weighted by Crippen LogP contribution is 2.37. The molecule has 6 nitrogen and oxygen atoms in total. The van der Waals surface area contributed by atoms with Crippen LogP contribution in [0.4, 0.5) is 0 Å². The first kappa shape index (κ1) is 35.7. The number of rotatable bonds is 2. The second-order valence-corrected chi connectivity index (χ2v) is 16.0. The van der Waals surface area contributed by atoms with Crippen LogP contribution >= 0.6 is 45.2 Å². The summed E-state index contributed by atoms with van der Waals surface area (Å²) in [6, 6.07) is 57.9. The van der Waals surface area contributed by atoms with Crippen molar-refractivity contribution >= 4 is 111 Å². The molecule has 3 aromatic heterocycles. The largest absolute Gasteiger partial charge is 0.508 e. The van der Waals surface area contributed by atoms with Crippen LogP contribution in [0.1, 0.15) is 0 Å². The van der Waals surface area contributed by atoms with Gasteiger partial charge in [-0.15, -0.1) is 0 Å². The monoisotopic (exact) mass is 953 g/mol. The van der Waals surface area contributed by atoms with E-state index >= 15 is 0 Å². The van der Waals surface area contributed by atoms with Crippen LogP contribution in [0.15, 0.2) is 176 Å². The van der Waals surface area contributed by atoms with Gasteiger partial charge in [0, 0.05) is 74.5 Å². The van der Waals surface area contributed by atoms with Gasteiger partial charge in [-0.3, -0.25) is 0 Å². The molecule has 0 unspecified atom stereocenters. The van der Waals surface area contributed by atoms with Crippen molar-refractivity contribution in [1.29, 1.82) is 0 Å². The predicted molar refractivity (Wildman–Crippen MR) is 248 cm³/mol. The van der Waals surface area contributed by atoms with Gasteiger partial charge in [-0.25, -0.2) is 0 Å². The second kappa shape index (κ2) is 14.9. The van der Waals surface area contributed by atoms with Crippen molar-refractivity contribution in [3.63, 3.8) is 0 Å². The number of aromatic nitrogens is 3. The Morgan fingerprint density at radius 3 is 1.30 bits per heavy atom. The highest BCUT2D eigenvalue weighted by molar-refractivity contribution is 14.1. The molecule has 0 saturated carbocycles. The van der Waals surface area contributed by atoms with Crippen LogP contribution in [0.25, 0.3) is 76.8 Å². The lowest BCUT2D eigenvalue weighted by Gasteiger charge is -2.13. The first-order valence-electron chi connectivity index (χ1n) is 18.0. The highest BCUT2D eigenvalue weighted by atomic mass is 127. The summed E-state index contributed by atoms with van der Waals surface area (Å²) in [6.45, 7) is 0. The van der Waals surface area contributed by atoms with Crippen LogP contribution in [0, 0.1) is 7.14 Å². The molecule has 0 amide bonds. The molecular formula is C48H33I2N3O3. The van der Waals surface area contributed by atoms with Crippen LogP contribution in [-0.2, 0) is 0 Å². The predicted octanol–water partition coefficient (Wildman–Crippen LogP) is 13.2. The van der Waals surface area contributed by atoms with Gasteiger partial charge in [0.1, 0.15) is 17.2 Å². The Kier molecular flexibility index (Phi) is 9.52. The Bertz CT molecular complexity index is 3080. The standard InChI is InChI=1S/C30H20N2O2.C12H9NO.C6H4I2/c33-21-12-14-25-23-8-1-3-10-27(23)31(29(25)17-21)19-6-5-7-20(16-19)32-28-11-4-2-9-24(28)26-15-13-22(34)18-30(26)32;14-8-5-6-10-9-3-1-2-4-11(9)13-12(10)7-8;7-5-2-1-3-6(8)4-5/h1-18,33-34H;1-7,13-14H;1-4H. The van der Waals surface area contributed by atoms with Gasteiger partial charge < -0.3 is 29.4 Å². The van der Waals surface area contributed by atoms with E-state index in [1.54, 1.807) is 24.3 Å². The van der Waals surface area contributed by atoms with Gasteiger partial charge in [-0.05, 0) is 136 Å². The van der Waals surface area contributed by atoms with Gasteiger partial charge >= 0.3 is 0 Å². The molecule has 3 heterocycles. The van der Waals surface area contributed by atoms with Gasteiger partial charge in [-0.1, -0.05) is 66.7 Å². The summed E-state index contributed by atoms with van der Waals surface area (Å²) in [5.74, 6) is 0.778. The van der Waals surface area contributed by atoms with Crippen molar-refractivity contribution in [3.05, 3.63) is 183 Å². The Hall–Kier alpha value is -5.98. The number of aromatic amines is 1. The maximum atomic E-state index is 10.3. The van der Waals surface area contributed by atoms with E-state index in [0.29, 0.717) is 5.75 Å². The zero-order valence-corrected chi connectivity index (χ0v) is 34.1. The van der Waals surface area contributed by atoms with Crippen molar-refractivity contribution in [2.45, 2.75) is 0 Å². The SMILES string of the molecule is Ic1cccc(I)c1.Oc1ccc2c(c1)[nH]c1ccccc12.Oc1ccc2c3ccccc3n(-c3cccc(-n4c5ccccc5c5ccc(O)cc54)c3)c2c1. The molecule has 0 atom stereocenters. The Balaban J connectivity index is 0.000000151. The number of aromatic hydroxyl groups is 3. The third-order valence-electron chi connectivity index (χ3n) is 9.94. The summed E-state index contributed by atoms with van der Waals surface area (Å²) < 4.78 is 6.99. The number of hydrogen-bond donors (Lipinski definition) is 4. The van der Waals surface area contributed by atoms with Crippen molar-refractivity contribution in [2.24, 2.45) is 0 Å². The van der Waals surface area contributed by atoms with E-state index < -0.39 is 0 Å². The lowest BCUT2D eigenvalue weighted by molar-refractivity contribution is 0.475. The minimum atomic E-state index is 0.241. The van der Waals surface area contributed by atoms with E-state index in [1.165, 1.54) is 12.5 Å². The first-order chi connectivity index (χ1) is 27.3. The lowest BCUT2D eigenvalue weighted by Crippen LogP contribution is -1.98. The minimum absolute atomic E-state index is 0.241. The number of para-hydroxylation sites is 3. The molecule has 11 aromatic rings. The lowest BCUT2D eigenvalue weighted by atomic mass is 10.1. The molecule has 0 aliphatic rings. The minimum Gasteiger partial charge on any atom is -0.508 e. The number of benzene rings is 8. The number of fused-ring (bicyclic) bond motifs is 9. The molecule has 0 aliphatic carbocycles. The van der Waals surface area contributed by atoms with Crippen LogP contribution in [-0.4, -0.2) is 29.4 Å². The number of H-pyrrole nitrogens is 1. The van der Waals surface area contributed by atoms with E-state index in [0.717, 1.165) is 71.4 Å². The fraction of sp³-hybridized carbons (Fsp3) is 0. The van der Waals surface area contributed by atoms with E-state index in [1.807, 2.05) is 72.8 Å². The third kappa shape index (κ3) is 6.69. The van der Waals surface area contributed by atoms with Gasteiger partial charge in [0.15, 0.2) is 0 Å². The van der Waals surface area contributed by atoms with E-state index in [-0.39, 0.29) is 11.5 Å². The molecule has 0 aliphatic heterocycles. The topological polar surface area (TPSA) is 86.3 Å². The summed E-state index contributed by atoms with van der Waals surface area (Å²) in [6.07, 6.45) is 0. The fourth-order valence-electron chi connectivity index (χ4n) is 7.55. The van der Waals surface area contributed by atoms with Crippen molar-refractivity contribution in [1.82, 2.24) is 14.1 Å². The Labute approximate surface area is 349 Å². The maximum absolute atomic E-state index is 10.3. The number of phenols is 3. The van der Waals surface area contributed by atoms with Gasteiger partial charge in [0.25, 0.3) is 0 Å². The van der Waals surface area contributed by atoms with Gasteiger partial charge in [-0.2, -0.15) is 0 Å². The van der Waals surface area contributed by atoms with Crippen molar-refractivity contribution in [2.75, 3.05) is 0 Å². The van der Waals surface area contributed by atoms with E-state index in [4.69, 9.17) is 0 Å². The summed E-state index contributed by atoms with van der Waals surface area (Å²) in [4.78, 5) is 3.26. The molecule has 4 N–H and O–H groups in total. The quantitative estimate of drug-likeness (QED) is 0.130. The molecule has 11 rings (SSSR count). The highest BCUT2D eigenvalue weighted by Gasteiger charge is 2.16. The smallest absolute Gasteiger partial charge is 0.117 e. The molecule has 272 valence electrons. The van der Waals surface area contributed by atoms with E-state index in [2.05, 4.69) is 138 Å². The van der Waals surface area contributed by atoms with E-state index in [9.17, 15) is 15.3 Å².